The summed E-state index contributed by atoms with van der Waals surface area (Å²) >= 11 is 0. The van der Waals surface area contributed by atoms with Crippen LogP contribution in [-0.4, -0.2) is 34.0 Å². The Morgan fingerprint density at radius 1 is 1.30 bits per heavy atom. The third-order valence-electron chi connectivity index (χ3n) is 5.69. The molecular weight excluding hydrogens is 384 g/mol. The first kappa shape index (κ1) is 20.4. The average Bonchev–Trinajstić information content (AvgIpc) is 3.26. The summed E-state index contributed by atoms with van der Waals surface area (Å²) in [5.74, 6) is 3.23. The van der Waals surface area contributed by atoms with Gasteiger partial charge in [0.2, 0.25) is 5.71 Å². The van der Waals surface area contributed by atoms with Gasteiger partial charge < -0.3 is 19.3 Å². The summed E-state index contributed by atoms with van der Waals surface area (Å²) in [6.07, 6.45) is 2.11. The van der Waals surface area contributed by atoms with E-state index in [4.69, 9.17) is 19.3 Å². The number of ether oxygens (including phenoxy) is 1. The van der Waals surface area contributed by atoms with Crippen LogP contribution < -0.4 is 5.73 Å². The Hall–Kier alpha value is -2.87. The second-order valence-corrected chi connectivity index (χ2v) is 8.02. The predicted molar refractivity (Wildman–Crippen MR) is 112 cm³/mol. The molecule has 3 aromatic rings. The van der Waals surface area contributed by atoms with Gasteiger partial charge in [-0.1, -0.05) is 6.92 Å². The smallest absolute Gasteiger partial charge is 0.342 e. The normalized spacial score (nSPS) is 20.0. The lowest BCUT2D eigenvalue weighted by molar-refractivity contribution is 0.0526. The molecule has 0 radical (unpaired) electrons. The highest BCUT2D eigenvalue weighted by atomic mass is 16.5. The fraction of sp³-hybridized carbons (Fsp3) is 0.500. The standard InChI is InChI=1S/C22H28N4O4/c1-5-28-22(27)18-14(4)30-21-19(18)20(23)24-17(25-21)11-26-9-8-12(2)10-15(26)16-7-6-13(3)29-16/h6-7,12,15H,5,8-11H2,1-4H3,(H2,23,24,25). The number of nitrogens with two attached hydrogens (primary N) is 1. The van der Waals surface area contributed by atoms with Crippen molar-refractivity contribution < 1.29 is 18.4 Å². The molecule has 0 aliphatic carbocycles. The molecule has 4 rings (SSSR count). The maximum Gasteiger partial charge on any atom is 0.342 e. The molecule has 2 atom stereocenters. The summed E-state index contributed by atoms with van der Waals surface area (Å²) in [4.78, 5) is 23.7. The van der Waals surface area contributed by atoms with Gasteiger partial charge in [-0.2, -0.15) is 4.98 Å². The zero-order valence-electron chi connectivity index (χ0n) is 17.9. The maximum absolute atomic E-state index is 12.3. The third-order valence-corrected chi connectivity index (χ3v) is 5.69. The molecule has 0 bridgehead atoms. The van der Waals surface area contributed by atoms with Crippen molar-refractivity contribution in [3.8, 4) is 0 Å². The van der Waals surface area contributed by atoms with E-state index in [-0.39, 0.29) is 18.5 Å². The number of nitrogens with zero attached hydrogens (tertiary/aromatic N) is 3. The summed E-state index contributed by atoms with van der Waals surface area (Å²) in [5, 5.41) is 0.417. The van der Waals surface area contributed by atoms with Gasteiger partial charge in [0.05, 0.1) is 24.6 Å². The summed E-state index contributed by atoms with van der Waals surface area (Å²) < 4.78 is 16.8. The summed E-state index contributed by atoms with van der Waals surface area (Å²) in [5.41, 5.74) is 6.84. The third kappa shape index (κ3) is 3.79. The zero-order valence-corrected chi connectivity index (χ0v) is 17.9. The fourth-order valence-electron chi connectivity index (χ4n) is 4.19. The van der Waals surface area contributed by atoms with E-state index in [1.807, 2.05) is 19.1 Å². The molecule has 1 saturated heterocycles. The lowest BCUT2D eigenvalue weighted by Crippen LogP contribution is -2.36. The first-order valence-corrected chi connectivity index (χ1v) is 10.4. The second kappa shape index (κ2) is 8.10. The molecule has 0 amide bonds. The molecule has 0 saturated carbocycles. The lowest BCUT2D eigenvalue weighted by Gasteiger charge is -2.36. The number of carbonyl (C=O) groups is 1. The van der Waals surface area contributed by atoms with Crippen LogP contribution in [0.5, 0.6) is 0 Å². The minimum absolute atomic E-state index is 0.163. The molecule has 0 aromatic carbocycles. The number of likely N-dealkylation sites (tertiary alicyclic amines) is 1. The van der Waals surface area contributed by atoms with Crippen molar-refractivity contribution >= 4 is 22.9 Å². The fourth-order valence-corrected chi connectivity index (χ4v) is 4.19. The number of carbonyl (C=O) groups excluding carboxylic acids is 1. The molecular formula is C22H28N4O4. The molecule has 4 heterocycles. The van der Waals surface area contributed by atoms with E-state index in [2.05, 4.69) is 21.8 Å². The Morgan fingerprint density at radius 3 is 2.80 bits per heavy atom. The Kier molecular flexibility index (Phi) is 5.51. The van der Waals surface area contributed by atoms with Gasteiger partial charge in [0, 0.05) is 0 Å². The molecule has 1 aliphatic rings. The second-order valence-electron chi connectivity index (χ2n) is 8.02. The maximum atomic E-state index is 12.3. The van der Waals surface area contributed by atoms with Crippen LogP contribution in [0.4, 0.5) is 5.82 Å². The molecule has 160 valence electrons. The Balaban J connectivity index is 1.65. The van der Waals surface area contributed by atoms with Gasteiger partial charge in [-0.25, -0.2) is 9.78 Å². The van der Waals surface area contributed by atoms with Gasteiger partial charge in [-0.15, -0.1) is 0 Å². The summed E-state index contributed by atoms with van der Waals surface area (Å²) in [6.45, 7) is 9.38. The molecule has 3 aromatic heterocycles. The van der Waals surface area contributed by atoms with E-state index < -0.39 is 5.97 Å². The highest BCUT2D eigenvalue weighted by molar-refractivity contribution is 6.07. The number of aromatic nitrogens is 2. The minimum Gasteiger partial charge on any atom is -0.465 e. The van der Waals surface area contributed by atoms with Crippen LogP contribution >= 0.6 is 0 Å². The van der Waals surface area contributed by atoms with Crippen molar-refractivity contribution in [2.45, 2.75) is 53.1 Å². The van der Waals surface area contributed by atoms with Crippen molar-refractivity contribution in [3.63, 3.8) is 0 Å². The lowest BCUT2D eigenvalue weighted by atomic mass is 9.91. The van der Waals surface area contributed by atoms with Crippen LogP contribution in [0.1, 0.15) is 66.2 Å². The monoisotopic (exact) mass is 412 g/mol. The Bertz CT molecular complexity index is 1070. The van der Waals surface area contributed by atoms with Gasteiger partial charge in [0.15, 0.2) is 0 Å². The first-order valence-electron chi connectivity index (χ1n) is 10.4. The number of rotatable bonds is 5. The minimum atomic E-state index is -0.477. The van der Waals surface area contributed by atoms with Crippen molar-refractivity contribution in [1.82, 2.24) is 14.9 Å². The van der Waals surface area contributed by atoms with E-state index in [1.165, 1.54) is 0 Å². The van der Waals surface area contributed by atoms with Gasteiger partial charge in [0.1, 0.15) is 34.5 Å². The van der Waals surface area contributed by atoms with E-state index in [1.54, 1.807) is 13.8 Å². The summed E-state index contributed by atoms with van der Waals surface area (Å²) in [6, 6.07) is 4.21. The van der Waals surface area contributed by atoms with E-state index in [0.717, 1.165) is 30.9 Å². The molecule has 8 heteroatoms. The average molecular weight is 412 g/mol. The molecule has 2 unspecified atom stereocenters. The quantitative estimate of drug-likeness (QED) is 0.622. The van der Waals surface area contributed by atoms with E-state index >= 15 is 0 Å². The number of furan rings is 2. The van der Waals surface area contributed by atoms with Crippen molar-refractivity contribution in [2.75, 3.05) is 18.9 Å². The molecule has 8 nitrogen and oxygen atoms in total. The van der Waals surface area contributed by atoms with Gasteiger partial charge in [0.25, 0.3) is 0 Å². The number of piperidine rings is 1. The first-order chi connectivity index (χ1) is 14.4. The van der Waals surface area contributed by atoms with Crippen LogP contribution in [0.3, 0.4) is 0 Å². The molecule has 0 spiro atoms. The van der Waals surface area contributed by atoms with Crippen molar-refractivity contribution in [3.05, 3.63) is 40.8 Å². The largest absolute Gasteiger partial charge is 0.465 e. The number of anilines is 1. The number of fused-ring (bicyclic) bond motifs is 1. The zero-order chi connectivity index (χ0) is 21.4. The highest BCUT2D eigenvalue weighted by Gasteiger charge is 2.31. The SMILES string of the molecule is CCOC(=O)c1c(C)oc2nc(CN3CCC(C)CC3c3ccc(C)o3)nc(N)c12. The molecule has 1 aliphatic heterocycles. The number of nitrogen functional groups attached to an aromatic ring is 1. The molecule has 2 N–H and O–H groups in total. The number of hydrogen-bond acceptors (Lipinski definition) is 8. The topological polar surface area (TPSA) is 108 Å². The van der Waals surface area contributed by atoms with Gasteiger partial charge in [-0.05, 0) is 58.2 Å². The Morgan fingerprint density at radius 2 is 2.10 bits per heavy atom. The Labute approximate surface area is 175 Å². The number of hydrogen-bond donors (Lipinski definition) is 1. The van der Waals surface area contributed by atoms with Gasteiger partial charge in [-0.3, -0.25) is 4.90 Å². The van der Waals surface area contributed by atoms with E-state index in [0.29, 0.717) is 40.7 Å². The van der Waals surface area contributed by atoms with Crippen molar-refractivity contribution in [1.29, 1.82) is 0 Å². The van der Waals surface area contributed by atoms with Crippen LogP contribution in [0.25, 0.3) is 11.1 Å². The number of esters is 1. The van der Waals surface area contributed by atoms with Crippen LogP contribution in [-0.2, 0) is 11.3 Å². The van der Waals surface area contributed by atoms with Crippen LogP contribution in [0.15, 0.2) is 21.0 Å². The van der Waals surface area contributed by atoms with Crippen LogP contribution in [0.2, 0.25) is 0 Å². The molecule has 1 fully saturated rings. The van der Waals surface area contributed by atoms with Crippen molar-refractivity contribution in [2.24, 2.45) is 5.92 Å². The number of aryl methyl sites for hydroxylation is 2. The summed E-state index contributed by atoms with van der Waals surface area (Å²) in [7, 11) is 0. The predicted octanol–water partition coefficient (Wildman–Crippen LogP) is 4.16. The van der Waals surface area contributed by atoms with Gasteiger partial charge >= 0.3 is 5.97 Å². The molecule has 30 heavy (non-hydrogen) atoms. The highest BCUT2D eigenvalue weighted by Crippen LogP contribution is 2.36. The van der Waals surface area contributed by atoms with E-state index in [9.17, 15) is 4.79 Å². The van der Waals surface area contributed by atoms with Crippen LogP contribution in [0, 0.1) is 19.8 Å².